The van der Waals surface area contributed by atoms with E-state index in [0.717, 1.165) is 28.7 Å². The van der Waals surface area contributed by atoms with Crippen LogP contribution in [0.25, 0.3) is 11.3 Å². The van der Waals surface area contributed by atoms with Gasteiger partial charge in [0.1, 0.15) is 35.6 Å². The number of carboxylic acid groups (broad SMARTS) is 1. The molecule has 0 saturated heterocycles. The predicted octanol–water partition coefficient (Wildman–Crippen LogP) is 5.79. The van der Waals surface area contributed by atoms with Crippen molar-refractivity contribution in [1.82, 2.24) is 19.4 Å². The molecule has 3 amide bonds. The van der Waals surface area contributed by atoms with Gasteiger partial charge in [-0.2, -0.15) is 13.2 Å². The summed E-state index contributed by atoms with van der Waals surface area (Å²) in [7, 11) is 0. The molecule has 0 bridgehead atoms. The quantitative estimate of drug-likeness (QED) is 0.111. The Kier molecular flexibility index (Phi) is 16.4. The van der Waals surface area contributed by atoms with Crippen LogP contribution in [0.3, 0.4) is 0 Å². The number of carboxylic acids is 1. The van der Waals surface area contributed by atoms with Crippen molar-refractivity contribution < 1.29 is 60.9 Å². The number of Topliss-reactive ketones (excluding diaryl/α,β-unsaturated/α-hetero) is 2. The molecule has 1 aliphatic heterocycles. The van der Waals surface area contributed by atoms with Crippen LogP contribution in [0, 0.1) is 28.9 Å². The fourth-order valence-corrected chi connectivity index (χ4v) is 7.56. The van der Waals surface area contributed by atoms with Crippen LogP contribution in [0.5, 0.6) is 0 Å². The fraction of sp³-hybridized carbons (Fsp3) is 0.465. The highest BCUT2D eigenvalue weighted by molar-refractivity contribution is 6.12. The summed E-state index contributed by atoms with van der Waals surface area (Å²) in [6.07, 6.45) is 1.80. The second kappa shape index (κ2) is 20.8. The van der Waals surface area contributed by atoms with E-state index in [4.69, 9.17) is 20.6 Å². The number of aliphatic carboxylic acids is 1. The van der Waals surface area contributed by atoms with Gasteiger partial charge in [-0.25, -0.2) is 18.6 Å². The molecule has 1 aromatic heterocycles. The maximum Gasteiger partial charge on any atom is 0.490 e. The van der Waals surface area contributed by atoms with E-state index in [1.165, 1.54) is 17.1 Å². The fourth-order valence-electron chi connectivity index (χ4n) is 7.56. The lowest BCUT2D eigenvalue weighted by Crippen LogP contribution is -2.46. The standard InChI is InChI=1S/C41H49F2N5O6.C2HF3O2/c1-41(2,3)39(40-45-33(30-22-29(42)13-14-31(30)43)24-46(40)23-26-8-5-4-6-9-26)48(38(54)25-49)19-17-32(44)35(51)21-27-11-12-28(20-27)34(50)10-7-18-47-36(52)15-16-37(47)53;3-2(4,5)1(6)7/h4-6,8-9,13-16,22,24,27-28,32,39,49H,7,10-12,17-21,23,25,44H2,1-3H3;(H,6,7)/t27-,28+,32+,39+;/m1./s1. The third-order valence-electron chi connectivity index (χ3n) is 10.6. The van der Waals surface area contributed by atoms with Gasteiger partial charge < -0.3 is 25.4 Å². The highest BCUT2D eigenvalue weighted by Gasteiger charge is 2.40. The number of imidazole rings is 1. The highest BCUT2D eigenvalue weighted by Crippen LogP contribution is 2.40. The van der Waals surface area contributed by atoms with Crippen LogP contribution in [0.1, 0.15) is 83.1 Å². The van der Waals surface area contributed by atoms with Crippen molar-refractivity contribution >= 4 is 35.3 Å². The molecule has 4 atom stereocenters. The summed E-state index contributed by atoms with van der Waals surface area (Å²) in [5.41, 5.74) is 6.81. The molecule has 2 heterocycles. The molecule has 0 radical (unpaired) electrons. The van der Waals surface area contributed by atoms with Crippen molar-refractivity contribution in [3.8, 4) is 11.3 Å². The summed E-state index contributed by atoms with van der Waals surface area (Å²) >= 11 is 0. The number of benzene rings is 2. The third-order valence-corrected chi connectivity index (χ3v) is 10.6. The Bertz CT molecular complexity index is 2080. The predicted molar refractivity (Wildman–Crippen MR) is 211 cm³/mol. The number of aliphatic hydroxyl groups excluding tert-OH is 1. The first-order valence-electron chi connectivity index (χ1n) is 19.7. The molecule has 61 heavy (non-hydrogen) atoms. The Morgan fingerprint density at radius 2 is 1.62 bits per heavy atom. The zero-order chi connectivity index (χ0) is 45.2. The third kappa shape index (κ3) is 13.2. The number of carbonyl (C=O) groups excluding carboxylic acids is 5. The summed E-state index contributed by atoms with van der Waals surface area (Å²) < 4.78 is 62.8. The molecule has 2 aliphatic rings. The van der Waals surface area contributed by atoms with Gasteiger partial charge in [-0.3, -0.25) is 28.9 Å². The average molecular weight is 860 g/mol. The lowest BCUT2D eigenvalue weighted by atomic mass is 9.84. The first-order chi connectivity index (χ1) is 28.6. The summed E-state index contributed by atoms with van der Waals surface area (Å²) in [5, 5.41) is 17.2. The number of nitrogens with two attached hydrogens (primary N) is 1. The van der Waals surface area contributed by atoms with Crippen LogP contribution in [-0.4, -0.2) is 96.7 Å². The van der Waals surface area contributed by atoms with Crippen LogP contribution in [0.2, 0.25) is 0 Å². The van der Waals surface area contributed by atoms with Crippen LogP contribution >= 0.6 is 0 Å². The van der Waals surface area contributed by atoms with Crippen LogP contribution in [0.15, 0.2) is 66.9 Å². The Morgan fingerprint density at radius 1 is 0.984 bits per heavy atom. The van der Waals surface area contributed by atoms with Crippen molar-refractivity contribution in [3.05, 3.63) is 89.9 Å². The molecule has 1 fully saturated rings. The number of aromatic nitrogens is 2. The van der Waals surface area contributed by atoms with E-state index in [1.807, 2.05) is 51.1 Å². The molecule has 18 heteroatoms. The zero-order valence-electron chi connectivity index (χ0n) is 34.0. The van der Waals surface area contributed by atoms with Gasteiger partial charge in [0.05, 0.1) is 17.8 Å². The number of halogens is 5. The Labute approximate surface area is 349 Å². The second-order valence-corrected chi connectivity index (χ2v) is 16.2. The van der Waals surface area contributed by atoms with E-state index in [0.29, 0.717) is 38.1 Å². The number of amides is 3. The molecule has 5 rings (SSSR count). The molecule has 3 aromatic rings. The summed E-state index contributed by atoms with van der Waals surface area (Å²) in [4.78, 5) is 79.6. The Balaban J connectivity index is 0.00000107. The van der Waals surface area contributed by atoms with Crippen LogP contribution in [0.4, 0.5) is 22.0 Å². The van der Waals surface area contributed by atoms with Crippen molar-refractivity contribution in [3.63, 3.8) is 0 Å². The van der Waals surface area contributed by atoms with E-state index in [2.05, 4.69) is 0 Å². The lowest BCUT2D eigenvalue weighted by molar-refractivity contribution is -0.192. The number of nitrogens with zero attached hydrogens (tertiary/aromatic N) is 4. The molecule has 0 spiro atoms. The number of rotatable bonds is 17. The molecule has 13 nitrogen and oxygen atoms in total. The van der Waals surface area contributed by atoms with Gasteiger partial charge in [0.25, 0.3) is 11.8 Å². The molecular weight excluding hydrogens is 809 g/mol. The van der Waals surface area contributed by atoms with E-state index >= 15 is 4.39 Å². The molecule has 1 saturated carbocycles. The normalized spacial score (nSPS) is 17.5. The van der Waals surface area contributed by atoms with E-state index in [-0.39, 0.29) is 78.8 Å². The zero-order valence-corrected chi connectivity index (χ0v) is 34.0. The SMILES string of the molecule is CC(C)(C)[C@H](c1nc(-c2cc(F)ccc2F)cn1Cc1ccccc1)N(CC[C@H](N)C(=O)C[C@@H]1CC[C@H](C(=O)CCCN2C(=O)C=CC2=O)C1)C(=O)CO.O=C(O)C(F)(F)F. The average Bonchev–Trinajstić information content (AvgIpc) is 3.92. The number of ketones is 2. The molecule has 2 aromatic carbocycles. The smallest absolute Gasteiger partial charge is 0.475 e. The molecule has 330 valence electrons. The van der Waals surface area contributed by atoms with Crippen molar-refractivity contribution in [2.75, 3.05) is 19.7 Å². The number of aliphatic hydroxyl groups is 1. The van der Waals surface area contributed by atoms with Crippen molar-refractivity contribution in [2.45, 2.75) is 90.5 Å². The summed E-state index contributed by atoms with van der Waals surface area (Å²) in [5.74, 6) is -5.35. The van der Waals surface area contributed by atoms with Crippen molar-refractivity contribution in [1.29, 1.82) is 0 Å². The highest BCUT2D eigenvalue weighted by atomic mass is 19.4. The topological polar surface area (TPSA) is 193 Å². The lowest BCUT2D eigenvalue weighted by Gasteiger charge is -2.40. The largest absolute Gasteiger partial charge is 0.490 e. The molecule has 4 N–H and O–H groups in total. The van der Waals surface area contributed by atoms with E-state index in [1.54, 1.807) is 10.8 Å². The van der Waals surface area contributed by atoms with E-state index < -0.39 is 53.8 Å². The minimum absolute atomic E-state index is 0.0133. The summed E-state index contributed by atoms with van der Waals surface area (Å²) in [6, 6.07) is 10.9. The van der Waals surface area contributed by atoms with E-state index in [9.17, 15) is 46.6 Å². The number of hydrogen-bond donors (Lipinski definition) is 3. The monoisotopic (exact) mass is 859 g/mol. The van der Waals surface area contributed by atoms with Gasteiger partial charge >= 0.3 is 12.1 Å². The number of alkyl halides is 3. The first-order valence-corrected chi connectivity index (χ1v) is 19.7. The van der Waals surface area contributed by atoms with Gasteiger partial charge in [-0.1, -0.05) is 51.1 Å². The molecular formula is C43H50F5N5O8. The Morgan fingerprint density at radius 3 is 2.21 bits per heavy atom. The van der Waals surface area contributed by atoms with Crippen molar-refractivity contribution in [2.24, 2.45) is 23.0 Å². The maximum absolute atomic E-state index is 15.0. The molecule has 1 aliphatic carbocycles. The summed E-state index contributed by atoms with van der Waals surface area (Å²) in [6.45, 7) is 5.43. The van der Waals surface area contributed by atoms with Gasteiger partial charge in [-0.05, 0) is 67.2 Å². The minimum Gasteiger partial charge on any atom is -0.475 e. The number of imide groups is 1. The minimum atomic E-state index is -5.08. The first kappa shape index (κ1) is 48.1. The molecule has 0 unspecified atom stereocenters. The number of hydrogen-bond acceptors (Lipinski definition) is 9. The van der Waals surface area contributed by atoms with Gasteiger partial charge in [-0.15, -0.1) is 0 Å². The van der Waals surface area contributed by atoms with Gasteiger partial charge in [0, 0.05) is 62.3 Å². The van der Waals surface area contributed by atoms with Gasteiger partial charge in [0.15, 0.2) is 0 Å². The second-order valence-electron chi connectivity index (χ2n) is 16.2. The number of carbonyl (C=O) groups is 6. The Hall–Kier alpha value is -5.62. The maximum atomic E-state index is 15.0. The van der Waals surface area contributed by atoms with Crippen LogP contribution < -0.4 is 5.73 Å². The van der Waals surface area contributed by atoms with Gasteiger partial charge in [0.2, 0.25) is 5.91 Å². The van der Waals surface area contributed by atoms with Crippen LogP contribution in [-0.2, 0) is 35.3 Å².